The van der Waals surface area contributed by atoms with Crippen molar-refractivity contribution < 1.29 is 43.2 Å². The molecule has 4 bridgehead atoms. The molecule has 2 saturated carbocycles. The number of ether oxygens (including phenoxy) is 5. The van der Waals surface area contributed by atoms with E-state index >= 15 is 0 Å². The van der Waals surface area contributed by atoms with Crippen molar-refractivity contribution in [3.63, 3.8) is 0 Å². The molecule has 8 heterocycles. The van der Waals surface area contributed by atoms with Crippen molar-refractivity contribution in [2.24, 2.45) is 47.3 Å². The highest BCUT2D eigenvalue weighted by atomic mass is 17.3. The number of hydrogen-bond donors (Lipinski definition) is 0. The summed E-state index contributed by atoms with van der Waals surface area (Å²) in [7, 11) is 0. The Bertz CT molecular complexity index is 1330. The van der Waals surface area contributed by atoms with Crippen molar-refractivity contribution in [3.8, 4) is 5.75 Å². The van der Waals surface area contributed by atoms with E-state index in [1.807, 2.05) is 44.2 Å². The standard InChI is InChI=1S/C38H54O9/c1-21-12-14-28-23(3)30(40-33-37(28)26(21)16-18-35(5,42-33)44-46-37)20-31(39-25-10-8-7-9-11-25)32-24(4)29-15-13-22(2)27-17-19-36(6)43-34(41-32)38(27,29)47-45-36/h7-11,21-24,26-34H,12-20H2,1-6H3/t21-,22-,23-,24-,26+,27+,28+,29+,30-,31+,32?,33-,34-,35+,36+,37?,38?/m1/s1. The quantitative estimate of drug-likeness (QED) is 0.303. The molecule has 0 radical (unpaired) electrons. The van der Waals surface area contributed by atoms with E-state index < -0.39 is 35.4 Å². The van der Waals surface area contributed by atoms with Gasteiger partial charge in [0.25, 0.3) is 0 Å². The monoisotopic (exact) mass is 654 g/mol. The van der Waals surface area contributed by atoms with Gasteiger partial charge in [-0.3, -0.25) is 0 Å². The van der Waals surface area contributed by atoms with E-state index in [4.69, 9.17) is 43.2 Å². The number of fused-ring (bicyclic) bond motifs is 4. The van der Waals surface area contributed by atoms with Crippen LogP contribution in [0, 0.1) is 47.3 Å². The van der Waals surface area contributed by atoms with Crippen LogP contribution >= 0.6 is 0 Å². The summed E-state index contributed by atoms with van der Waals surface area (Å²) in [5, 5.41) is 0. The molecule has 8 aliphatic heterocycles. The van der Waals surface area contributed by atoms with Crippen LogP contribution in [0.3, 0.4) is 0 Å². The molecule has 2 aliphatic carbocycles. The first-order chi connectivity index (χ1) is 22.6. The first-order valence-corrected chi connectivity index (χ1v) is 18.7. The summed E-state index contributed by atoms with van der Waals surface area (Å²) in [6.07, 6.45) is 7.11. The summed E-state index contributed by atoms with van der Waals surface area (Å²) in [4.78, 5) is 25.1. The predicted octanol–water partition coefficient (Wildman–Crippen LogP) is 7.33. The number of para-hydroxylation sites is 1. The lowest BCUT2D eigenvalue weighted by Gasteiger charge is -2.62. The molecule has 9 heteroatoms. The highest BCUT2D eigenvalue weighted by Crippen LogP contribution is 2.63. The van der Waals surface area contributed by atoms with Gasteiger partial charge in [-0.25, -0.2) is 19.6 Å². The van der Waals surface area contributed by atoms with Gasteiger partial charge in [0.05, 0.1) is 6.10 Å². The van der Waals surface area contributed by atoms with Crippen LogP contribution in [0.2, 0.25) is 0 Å². The van der Waals surface area contributed by atoms with E-state index in [2.05, 4.69) is 27.7 Å². The normalized spacial score (nSPS) is 55.3. The zero-order valence-electron chi connectivity index (χ0n) is 28.9. The van der Waals surface area contributed by atoms with Gasteiger partial charge in [-0.05, 0) is 100 Å². The summed E-state index contributed by atoms with van der Waals surface area (Å²) in [6, 6.07) is 10.2. The maximum atomic E-state index is 7.17. The fourth-order valence-corrected chi connectivity index (χ4v) is 11.8. The maximum Gasteiger partial charge on any atom is 0.201 e. The van der Waals surface area contributed by atoms with Crippen molar-refractivity contribution in [1.29, 1.82) is 0 Å². The Morgan fingerprint density at radius 1 is 0.660 bits per heavy atom. The zero-order valence-corrected chi connectivity index (χ0v) is 28.9. The first-order valence-electron chi connectivity index (χ1n) is 18.7. The van der Waals surface area contributed by atoms with Gasteiger partial charge in [0.1, 0.15) is 18.0 Å². The molecular formula is C38H54O9. The Morgan fingerprint density at radius 3 is 1.81 bits per heavy atom. The Hall–Kier alpha value is -1.30. The van der Waals surface area contributed by atoms with Crippen LogP contribution in [-0.4, -0.2) is 53.7 Å². The molecule has 11 rings (SSSR count). The minimum absolute atomic E-state index is 0.112. The number of hydrogen-bond acceptors (Lipinski definition) is 9. The van der Waals surface area contributed by atoms with Crippen LogP contribution in [0.25, 0.3) is 0 Å². The van der Waals surface area contributed by atoms with Gasteiger partial charge in [0, 0.05) is 31.1 Å². The van der Waals surface area contributed by atoms with Crippen molar-refractivity contribution in [1.82, 2.24) is 0 Å². The number of benzene rings is 1. The second kappa shape index (κ2) is 11.1. The smallest absolute Gasteiger partial charge is 0.201 e. The lowest BCUT2D eigenvalue weighted by atomic mass is 9.56. The molecule has 10 aliphatic rings. The summed E-state index contributed by atoms with van der Waals surface area (Å²) in [5.41, 5.74) is -1.20. The summed E-state index contributed by atoms with van der Waals surface area (Å²) < 4.78 is 34.7. The third kappa shape index (κ3) is 4.63. The van der Waals surface area contributed by atoms with Gasteiger partial charge in [-0.1, -0.05) is 45.9 Å². The van der Waals surface area contributed by atoms with Crippen LogP contribution < -0.4 is 4.74 Å². The molecule has 0 amide bonds. The Balaban J connectivity index is 1.06. The van der Waals surface area contributed by atoms with Gasteiger partial charge < -0.3 is 23.7 Å². The van der Waals surface area contributed by atoms with Gasteiger partial charge >= 0.3 is 0 Å². The molecule has 2 spiro atoms. The molecule has 1 aromatic carbocycles. The minimum Gasteiger partial charge on any atom is -0.488 e. The lowest BCUT2D eigenvalue weighted by Crippen LogP contribution is -2.72. The molecule has 47 heavy (non-hydrogen) atoms. The SMILES string of the molecule is C[C@H]1[C@@H](C[C@H](Oc2ccccc2)C2O[C@@H]3O[C@]4(C)CC[C@H]5[C@H](C)CC[C@@H]([C@H]2C)C35OO4)O[C@@H]2O[C@]3(C)CC[C@H]4[C@H](C)CC[C@@H]1C24OO3. The van der Waals surface area contributed by atoms with Crippen molar-refractivity contribution in [2.45, 2.75) is 153 Å². The van der Waals surface area contributed by atoms with E-state index in [1.165, 1.54) is 6.42 Å². The second-order valence-corrected chi connectivity index (χ2v) is 17.0. The summed E-state index contributed by atoms with van der Waals surface area (Å²) in [6.45, 7) is 13.4. The van der Waals surface area contributed by atoms with E-state index in [1.54, 1.807) is 0 Å². The van der Waals surface area contributed by atoms with E-state index in [0.29, 0.717) is 30.1 Å². The topological polar surface area (TPSA) is 83.1 Å². The van der Waals surface area contributed by atoms with E-state index in [9.17, 15) is 0 Å². The van der Waals surface area contributed by atoms with Crippen LogP contribution in [0.1, 0.15) is 99.3 Å². The van der Waals surface area contributed by atoms with Crippen LogP contribution in [-0.2, 0) is 38.5 Å². The van der Waals surface area contributed by atoms with E-state index in [0.717, 1.165) is 50.7 Å². The van der Waals surface area contributed by atoms with Crippen molar-refractivity contribution in [2.75, 3.05) is 0 Å². The predicted molar refractivity (Wildman–Crippen MR) is 169 cm³/mol. The third-order valence-corrected chi connectivity index (χ3v) is 14.4. The third-order valence-electron chi connectivity index (χ3n) is 14.4. The molecule has 0 aromatic heterocycles. The molecule has 9 nitrogen and oxygen atoms in total. The highest BCUT2D eigenvalue weighted by Gasteiger charge is 2.72. The Morgan fingerprint density at radius 2 is 1.21 bits per heavy atom. The maximum absolute atomic E-state index is 7.17. The lowest BCUT2D eigenvalue weighted by molar-refractivity contribution is -0.573. The van der Waals surface area contributed by atoms with Gasteiger partial charge in [0.15, 0.2) is 23.8 Å². The average Bonchev–Trinajstić information content (AvgIpc) is 3.43. The molecule has 0 N–H and O–H groups in total. The largest absolute Gasteiger partial charge is 0.488 e. The summed E-state index contributed by atoms with van der Waals surface area (Å²) >= 11 is 0. The second-order valence-electron chi connectivity index (χ2n) is 17.0. The van der Waals surface area contributed by atoms with Crippen molar-refractivity contribution >= 4 is 0 Å². The van der Waals surface area contributed by atoms with Gasteiger partial charge in [-0.15, -0.1) is 0 Å². The fraction of sp³-hybridized carbons (Fsp3) is 0.842. The van der Waals surface area contributed by atoms with E-state index in [-0.39, 0.29) is 42.0 Å². The molecule has 17 atom stereocenters. The first kappa shape index (κ1) is 31.7. The molecule has 10 fully saturated rings. The highest BCUT2D eigenvalue weighted by molar-refractivity contribution is 5.22. The van der Waals surface area contributed by atoms with Crippen molar-refractivity contribution in [3.05, 3.63) is 30.3 Å². The minimum atomic E-state index is -0.823. The molecular weight excluding hydrogens is 600 g/mol. The molecule has 260 valence electrons. The Labute approximate surface area is 279 Å². The summed E-state index contributed by atoms with van der Waals surface area (Å²) in [5.74, 6) is 1.73. The Kier molecular flexibility index (Phi) is 7.48. The number of rotatable bonds is 5. The zero-order chi connectivity index (χ0) is 32.3. The van der Waals surface area contributed by atoms with Crippen LogP contribution in [0.5, 0.6) is 5.75 Å². The average molecular weight is 655 g/mol. The van der Waals surface area contributed by atoms with Gasteiger partial charge in [0.2, 0.25) is 11.6 Å². The molecule has 8 saturated heterocycles. The molecule has 3 unspecified atom stereocenters. The van der Waals surface area contributed by atoms with Crippen LogP contribution in [0.15, 0.2) is 30.3 Å². The fourth-order valence-electron chi connectivity index (χ4n) is 11.8. The molecule has 1 aromatic rings. The van der Waals surface area contributed by atoms with Gasteiger partial charge in [-0.2, -0.15) is 0 Å². The van der Waals surface area contributed by atoms with Crippen LogP contribution in [0.4, 0.5) is 0 Å².